The van der Waals surface area contributed by atoms with Gasteiger partial charge in [-0.05, 0) is 38.0 Å². The van der Waals surface area contributed by atoms with Crippen LogP contribution in [0.1, 0.15) is 49.9 Å². The number of carbonyl (C=O) groups is 1. The van der Waals surface area contributed by atoms with Crippen LogP contribution in [0.25, 0.3) is 0 Å². The minimum atomic E-state index is 0.176. The molecule has 0 radical (unpaired) electrons. The zero-order valence-corrected chi connectivity index (χ0v) is 15.7. The van der Waals surface area contributed by atoms with Gasteiger partial charge in [0.05, 0.1) is 12.2 Å². The number of ether oxygens (including phenoxy) is 1. The van der Waals surface area contributed by atoms with Crippen molar-refractivity contribution in [1.82, 2.24) is 9.88 Å². The molecule has 1 aromatic carbocycles. The summed E-state index contributed by atoms with van der Waals surface area (Å²) in [6, 6.07) is 8.22. The zero-order valence-electron chi connectivity index (χ0n) is 14.9. The highest BCUT2D eigenvalue weighted by atomic mass is 32.1. The van der Waals surface area contributed by atoms with Crippen LogP contribution < -0.4 is 4.74 Å². The minimum Gasteiger partial charge on any atom is -0.486 e. The van der Waals surface area contributed by atoms with E-state index in [4.69, 9.17) is 4.74 Å². The van der Waals surface area contributed by atoms with E-state index in [2.05, 4.69) is 18.8 Å². The van der Waals surface area contributed by atoms with Crippen LogP contribution >= 0.6 is 11.3 Å². The number of carbonyl (C=O) groups excluding carboxylic acids is 1. The lowest BCUT2D eigenvalue weighted by Crippen LogP contribution is -2.37. The maximum Gasteiger partial charge on any atom is 0.222 e. The third kappa shape index (κ3) is 5.06. The van der Waals surface area contributed by atoms with Gasteiger partial charge in [-0.3, -0.25) is 4.79 Å². The number of thiazole rings is 1. The largest absolute Gasteiger partial charge is 0.486 e. The quantitative estimate of drug-likeness (QED) is 0.703. The molecule has 24 heavy (non-hydrogen) atoms. The van der Waals surface area contributed by atoms with Crippen molar-refractivity contribution in [1.29, 1.82) is 0 Å². The number of nitrogens with zero attached hydrogens (tertiary/aromatic N) is 2. The maximum atomic E-state index is 12.1. The van der Waals surface area contributed by atoms with E-state index in [0.717, 1.165) is 22.9 Å². The number of amides is 1. The Hall–Kier alpha value is -1.88. The van der Waals surface area contributed by atoms with E-state index >= 15 is 0 Å². The minimum absolute atomic E-state index is 0.176. The van der Waals surface area contributed by atoms with Gasteiger partial charge in [0.2, 0.25) is 5.91 Å². The summed E-state index contributed by atoms with van der Waals surface area (Å²) in [5.41, 5.74) is 2.11. The average molecular weight is 346 g/mol. The molecule has 0 aliphatic rings. The molecular weight excluding hydrogens is 320 g/mol. The molecule has 0 aliphatic heterocycles. The van der Waals surface area contributed by atoms with Gasteiger partial charge in [0.15, 0.2) is 0 Å². The van der Waals surface area contributed by atoms with E-state index in [1.54, 1.807) is 11.3 Å². The standard InChI is InChI=1S/C19H26N2O2S/c1-5-15(4)21(19(22)6-2)11-16-13-24-18(20-16)12-23-17-9-7-8-14(3)10-17/h7-10,13,15H,5-6,11-12H2,1-4H3. The van der Waals surface area contributed by atoms with Crippen molar-refractivity contribution in [2.24, 2.45) is 0 Å². The van der Waals surface area contributed by atoms with Crippen molar-refractivity contribution < 1.29 is 9.53 Å². The van der Waals surface area contributed by atoms with E-state index < -0.39 is 0 Å². The fourth-order valence-electron chi connectivity index (χ4n) is 2.43. The summed E-state index contributed by atoms with van der Waals surface area (Å²) in [5, 5.41) is 2.95. The third-order valence-electron chi connectivity index (χ3n) is 4.03. The van der Waals surface area contributed by atoms with Crippen LogP contribution in [0.4, 0.5) is 0 Å². The molecule has 2 rings (SSSR count). The van der Waals surface area contributed by atoms with Crippen LogP contribution in [-0.4, -0.2) is 21.8 Å². The Bertz CT molecular complexity index is 669. The smallest absolute Gasteiger partial charge is 0.222 e. The zero-order chi connectivity index (χ0) is 17.5. The lowest BCUT2D eigenvalue weighted by atomic mass is 10.2. The predicted molar refractivity (Wildman–Crippen MR) is 98.2 cm³/mol. The highest BCUT2D eigenvalue weighted by Crippen LogP contribution is 2.18. The van der Waals surface area contributed by atoms with Gasteiger partial charge in [0.25, 0.3) is 0 Å². The second-order valence-electron chi connectivity index (χ2n) is 5.97. The molecule has 2 aromatic rings. The first-order valence-corrected chi connectivity index (χ1v) is 9.33. The summed E-state index contributed by atoms with van der Waals surface area (Å²) in [6.07, 6.45) is 1.47. The average Bonchev–Trinajstić information content (AvgIpc) is 3.04. The number of aryl methyl sites for hydroxylation is 1. The number of hydrogen-bond acceptors (Lipinski definition) is 4. The fourth-order valence-corrected chi connectivity index (χ4v) is 3.12. The van der Waals surface area contributed by atoms with Gasteiger partial charge in [0, 0.05) is 17.8 Å². The van der Waals surface area contributed by atoms with Crippen LogP contribution in [0, 0.1) is 6.92 Å². The first-order chi connectivity index (χ1) is 11.5. The molecule has 0 saturated heterocycles. The summed E-state index contributed by atoms with van der Waals surface area (Å²) in [5.74, 6) is 1.03. The van der Waals surface area contributed by atoms with Crippen LogP contribution in [0.2, 0.25) is 0 Å². The molecule has 1 aromatic heterocycles. The Balaban J connectivity index is 1.97. The molecule has 0 spiro atoms. The second kappa shape index (κ2) is 8.83. The topological polar surface area (TPSA) is 42.4 Å². The van der Waals surface area contributed by atoms with Crippen molar-refractivity contribution in [3.05, 3.63) is 45.9 Å². The third-order valence-corrected chi connectivity index (χ3v) is 4.90. The van der Waals surface area contributed by atoms with Crippen LogP contribution in [0.15, 0.2) is 29.6 Å². The molecule has 1 amide bonds. The van der Waals surface area contributed by atoms with Gasteiger partial charge in [0.1, 0.15) is 17.4 Å². The molecule has 5 heteroatoms. The number of benzene rings is 1. The van der Waals surface area contributed by atoms with E-state index in [-0.39, 0.29) is 11.9 Å². The van der Waals surface area contributed by atoms with Crippen molar-refractivity contribution in [2.75, 3.05) is 0 Å². The number of hydrogen-bond donors (Lipinski definition) is 0. The monoisotopic (exact) mass is 346 g/mol. The second-order valence-corrected chi connectivity index (χ2v) is 6.91. The summed E-state index contributed by atoms with van der Waals surface area (Å²) in [4.78, 5) is 18.7. The molecule has 130 valence electrons. The Morgan fingerprint density at radius 3 is 2.83 bits per heavy atom. The lowest BCUT2D eigenvalue weighted by molar-refractivity contribution is -0.133. The van der Waals surface area contributed by atoms with Crippen molar-refractivity contribution in [3.8, 4) is 5.75 Å². The molecule has 1 atom stereocenters. The van der Waals surface area contributed by atoms with Crippen molar-refractivity contribution in [3.63, 3.8) is 0 Å². The van der Waals surface area contributed by atoms with Crippen LogP contribution in [0.5, 0.6) is 5.75 Å². The summed E-state index contributed by atoms with van der Waals surface area (Å²) >= 11 is 1.58. The molecule has 0 N–H and O–H groups in total. The molecule has 4 nitrogen and oxygen atoms in total. The molecule has 1 unspecified atom stereocenters. The highest BCUT2D eigenvalue weighted by Gasteiger charge is 2.19. The predicted octanol–water partition coefficient (Wildman–Crippen LogP) is 4.57. The Morgan fingerprint density at radius 1 is 1.38 bits per heavy atom. The summed E-state index contributed by atoms with van der Waals surface area (Å²) < 4.78 is 5.80. The normalized spacial score (nSPS) is 12.0. The van der Waals surface area contributed by atoms with E-state index in [1.807, 2.05) is 48.4 Å². The molecule has 0 aliphatic carbocycles. The molecule has 0 fully saturated rings. The maximum absolute atomic E-state index is 12.1. The molecule has 1 heterocycles. The van der Waals surface area contributed by atoms with E-state index in [0.29, 0.717) is 19.6 Å². The van der Waals surface area contributed by atoms with E-state index in [9.17, 15) is 4.79 Å². The first-order valence-electron chi connectivity index (χ1n) is 8.45. The van der Waals surface area contributed by atoms with Crippen molar-refractivity contribution in [2.45, 2.75) is 59.7 Å². The molecule has 0 saturated carbocycles. The Morgan fingerprint density at radius 2 is 2.17 bits per heavy atom. The molecule has 0 bridgehead atoms. The summed E-state index contributed by atoms with van der Waals surface area (Å²) in [7, 11) is 0. The van der Waals surface area contributed by atoms with Gasteiger partial charge < -0.3 is 9.64 Å². The van der Waals surface area contributed by atoms with Gasteiger partial charge >= 0.3 is 0 Å². The van der Waals surface area contributed by atoms with Crippen LogP contribution in [0.3, 0.4) is 0 Å². The SMILES string of the molecule is CCC(=O)N(Cc1csc(COc2cccc(C)c2)n1)C(C)CC. The fraction of sp³-hybridized carbons (Fsp3) is 0.474. The van der Waals surface area contributed by atoms with E-state index in [1.165, 1.54) is 5.56 Å². The van der Waals surface area contributed by atoms with Gasteiger partial charge in [-0.2, -0.15) is 0 Å². The number of rotatable bonds is 8. The Kier molecular flexibility index (Phi) is 6.79. The highest BCUT2D eigenvalue weighted by molar-refractivity contribution is 7.09. The van der Waals surface area contributed by atoms with Gasteiger partial charge in [-0.1, -0.05) is 26.0 Å². The molecular formula is C19H26N2O2S. The lowest BCUT2D eigenvalue weighted by Gasteiger charge is -2.27. The van der Waals surface area contributed by atoms with Gasteiger partial charge in [-0.25, -0.2) is 4.98 Å². The first kappa shape index (κ1) is 18.5. The van der Waals surface area contributed by atoms with Crippen LogP contribution in [-0.2, 0) is 17.9 Å². The van der Waals surface area contributed by atoms with Gasteiger partial charge in [-0.15, -0.1) is 11.3 Å². The number of aromatic nitrogens is 1. The summed E-state index contributed by atoms with van der Waals surface area (Å²) in [6.45, 7) is 9.16. The van der Waals surface area contributed by atoms with Crippen molar-refractivity contribution >= 4 is 17.2 Å². The Labute approximate surface area is 148 Å².